The van der Waals surface area contributed by atoms with Crippen molar-refractivity contribution in [3.05, 3.63) is 57.5 Å². The van der Waals surface area contributed by atoms with Crippen LogP contribution in [0.5, 0.6) is 0 Å². The molecule has 1 aromatic carbocycles. The summed E-state index contributed by atoms with van der Waals surface area (Å²) >= 11 is 0.632. The molecular formula is C23H17F8N7O7S. The van der Waals surface area contributed by atoms with Gasteiger partial charge in [-0.15, -0.1) is 5.10 Å². The summed E-state index contributed by atoms with van der Waals surface area (Å²) in [5, 5.41) is 32.4. The van der Waals surface area contributed by atoms with E-state index >= 15 is 0 Å². The smallest absolute Gasteiger partial charge is 0.460 e. The maximum Gasteiger partial charge on any atom is 0.460 e. The first-order chi connectivity index (χ1) is 21.3. The maximum atomic E-state index is 14.5. The van der Waals surface area contributed by atoms with E-state index in [2.05, 4.69) is 20.5 Å². The Balaban J connectivity index is 1.81. The number of carbonyl (C=O) groups excluding carboxylic acids is 2. The van der Waals surface area contributed by atoms with Crippen LogP contribution in [0.4, 0.5) is 46.6 Å². The van der Waals surface area contributed by atoms with Crippen LogP contribution >= 0.6 is 11.8 Å². The second-order valence-corrected chi connectivity index (χ2v) is 9.86. The van der Waals surface area contributed by atoms with E-state index in [0.717, 1.165) is 22.9 Å². The van der Waals surface area contributed by atoms with Crippen molar-refractivity contribution in [2.24, 2.45) is 0 Å². The molecule has 0 saturated heterocycles. The van der Waals surface area contributed by atoms with Gasteiger partial charge in [0.2, 0.25) is 5.16 Å². The molecule has 0 unspecified atom stereocenters. The lowest BCUT2D eigenvalue weighted by Gasteiger charge is -2.28. The second-order valence-electron chi connectivity index (χ2n) is 8.85. The fourth-order valence-electron chi connectivity index (χ4n) is 3.34. The summed E-state index contributed by atoms with van der Waals surface area (Å²) in [6.45, 7) is -0.416. The van der Waals surface area contributed by atoms with Gasteiger partial charge in [0.15, 0.2) is 11.6 Å². The number of alkyl halides is 7. The number of tetrazole rings is 1. The first kappa shape index (κ1) is 35.5. The molecule has 23 heteroatoms. The first-order valence-electron chi connectivity index (χ1n) is 12.2. The van der Waals surface area contributed by atoms with Crippen molar-refractivity contribution in [2.45, 2.75) is 53.9 Å². The molecule has 2 heterocycles. The number of halogens is 8. The molecule has 248 valence electrons. The highest BCUT2D eigenvalue weighted by atomic mass is 32.2. The van der Waals surface area contributed by atoms with Gasteiger partial charge in [-0.2, -0.15) is 30.7 Å². The number of amides is 1. The number of nitrogens with one attached hydrogen (secondary N) is 1. The average Bonchev–Trinajstić information content (AvgIpc) is 3.39. The number of carboxylic acid groups (broad SMARTS) is 1. The van der Waals surface area contributed by atoms with Crippen molar-refractivity contribution in [3.8, 4) is 0 Å². The minimum Gasteiger partial charge on any atom is -0.481 e. The van der Waals surface area contributed by atoms with Crippen LogP contribution in [-0.2, 0) is 26.8 Å². The maximum absolute atomic E-state index is 14.5. The SMILES string of the molecule is O=C(O)CCCC(=O)OCCn1nnnc1Sc1ccc([N+](=O)[O-])cc1C(=O)Nc1ncc(C(F)(F)C(F)(F)C(F)(F)F)cc1F. The molecule has 46 heavy (non-hydrogen) atoms. The lowest BCUT2D eigenvalue weighted by Crippen LogP contribution is -2.50. The van der Waals surface area contributed by atoms with Gasteiger partial charge in [0, 0.05) is 41.6 Å². The first-order valence-corrected chi connectivity index (χ1v) is 13.1. The zero-order valence-electron chi connectivity index (χ0n) is 22.4. The van der Waals surface area contributed by atoms with Gasteiger partial charge in [-0.1, -0.05) is 0 Å². The van der Waals surface area contributed by atoms with E-state index in [1.807, 2.05) is 0 Å². The third kappa shape index (κ3) is 8.19. The number of esters is 1. The van der Waals surface area contributed by atoms with Gasteiger partial charge < -0.3 is 15.2 Å². The van der Waals surface area contributed by atoms with Crippen molar-refractivity contribution >= 4 is 41.1 Å². The summed E-state index contributed by atoms with van der Waals surface area (Å²) < 4.78 is 113. The molecule has 0 fully saturated rings. The molecule has 0 spiro atoms. The Bertz CT molecular complexity index is 1640. The minimum absolute atomic E-state index is 0.0369. The fraction of sp³-hybridized carbons (Fsp3) is 0.348. The van der Waals surface area contributed by atoms with Gasteiger partial charge in [-0.25, -0.2) is 14.1 Å². The molecule has 0 aliphatic heterocycles. The largest absolute Gasteiger partial charge is 0.481 e. The molecule has 0 aliphatic rings. The molecule has 3 aromatic rings. The molecule has 0 aliphatic carbocycles. The zero-order chi connectivity index (χ0) is 34.4. The number of nitro groups is 1. The van der Waals surface area contributed by atoms with E-state index in [9.17, 15) is 59.6 Å². The number of rotatable bonds is 14. The minimum atomic E-state index is -6.70. The Morgan fingerprint density at radius 3 is 2.39 bits per heavy atom. The molecule has 1 amide bonds. The molecule has 3 rings (SSSR count). The number of aliphatic carboxylic acids is 1. The Kier molecular flexibility index (Phi) is 10.8. The molecule has 0 bridgehead atoms. The van der Waals surface area contributed by atoms with Crippen molar-refractivity contribution < 1.29 is 64.3 Å². The topological polar surface area (TPSA) is 192 Å². The van der Waals surface area contributed by atoms with Gasteiger partial charge in [-0.05, 0) is 40.7 Å². The van der Waals surface area contributed by atoms with Gasteiger partial charge in [0.1, 0.15) is 6.61 Å². The van der Waals surface area contributed by atoms with Gasteiger partial charge in [-0.3, -0.25) is 24.5 Å². The molecular weight excluding hydrogens is 670 g/mol. The van der Waals surface area contributed by atoms with Crippen molar-refractivity contribution in [3.63, 3.8) is 0 Å². The van der Waals surface area contributed by atoms with E-state index in [0.29, 0.717) is 11.8 Å². The van der Waals surface area contributed by atoms with Crippen LogP contribution < -0.4 is 5.32 Å². The number of anilines is 1. The number of carboxylic acids is 1. The number of non-ortho nitro benzene ring substituents is 1. The van der Waals surface area contributed by atoms with Crippen LogP contribution in [0.2, 0.25) is 0 Å². The van der Waals surface area contributed by atoms with Crippen LogP contribution in [0.15, 0.2) is 40.5 Å². The Morgan fingerprint density at radius 2 is 1.78 bits per heavy atom. The van der Waals surface area contributed by atoms with Crippen LogP contribution in [0.25, 0.3) is 0 Å². The van der Waals surface area contributed by atoms with Crippen molar-refractivity contribution in [1.82, 2.24) is 25.2 Å². The van der Waals surface area contributed by atoms with E-state index in [1.54, 1.807) is 5.32 Å². The van der Waals surface area contributed by atoms with Gasteiger partial charge in [0.25, 0.3) is 11.6 Å². The molecule has 0 saturated carbocycles. The van der Waals surface area contributed by atoms with E-state index in [-0.39, 0.29) is 48.7 Å². The third-order valence-electron chi connectivity index (χ3n) is 5.64. The second kappa shape index (κ2) is 14.0. The number of benzene rings is 1. The highest BCUT2D eigenvalue weighted by Crippen LogP contribution is 2.51. The number of aromatic nitrogens is 5. The molecule has 0 radical (unpaired) electrons. The quantitative estimate of drug-likeness (QED) is 0.104. The monoisotopic (exact) mass is 687 g/mol. The summed E-state index contributed by atoms with van der Waals surface area (Å²) in [5.41, 5.74) is -3.37. The Morgan fingerprint density at radius 1 is 1.09 bits per heavy atom. The third-order valence-corrected chi connectivity index (χ3v) is 6.69. The van der Waals surface area contributed by atoms with Gasteiger partial charge >= 0.3 is 30.0 Å². The summed E-state index contributed by atoms with van der Waals surface area (Å²) in [7, 11) is 0. The Labute approximate surface area is 254 Å². The van der Waals surface area contributed by atoms with Gasteiger partial charge in [0.05, 0.1) is 17.0 Å². The van der Waals surface area contributed by atoms with Crippen LogP contribution in [-0.4, -0.2) is 71.8 Å². The number of nitro benzene ring substituents is 1. The number of carbonyl (C=O) groups is 3. The predicted octanol–water partition coefficient (Wildman–Crippen LogP) is 4.61. The summed E-state index contributed by atoms with van der Waals surface area (Å²) in [6.07, 6.45) is -7.31. The number of pyridine rings is 1. The molecule has 0 atom stereocenters. The molecule has 2 N–H and O–H groups in total. The molecule has 2 aromatic heterocycles. The van der Waals surface area contributed by atoms with E-state index < -0.39 is 75.3 Å². The van der Waals surface area contributed by atoms with Crippen molar-refractivity contribution in [2.75, 3.05) is 11.9 Å². The van der Waals surface area contributed by atoms with Crippen LogP contribution in [0.1, 0.15) is 35.2 Å². The number of hydrogen-bond donors (Lipinski definition) is 2. The number of nitrogens with zero attached hydrogens (tertiary/aromatic N) is 6. The summed E-state index contributed by atoms with van der Waals surface area (Å²) in [6, 6.07) is 2.35. The highest BCUT2D eigenvalue weighted by Gasteiger charge is 2.73. The van der Waals surface area contributed by atoms with Crippen LogP contribution in [0, 0.1) is 15.9 Å². The lowest BCUT2D eigenvalue weighted by molar-refractivity contribution is -0.384. The van der Waals surface area contributed by atoms with Crippen LogP contribution in [0.3, 0.4) is 0 Å². The Hall–Kier alpha value is -4.96. The zero-order valence-corrected chi connectivity index (χ0v) is 23.3. The predicted molar refractivity (Wildman–Crippen MR) is 135 cm³/mol. The highest BCUT2D eigenvalue weighted by molar-refractivity contribution is 7.99. The number of hydrogen-bond acceptors (Lipinski definition) is 11. The summed E-state index contributed by atoms with van der Waals surface area (Å²) in [5.74, 6) is -18.8. The lowest BCUT2D eigenvalue weighted by atomic mass is 10.0. The average molecular weight is 687 g/mol. The number of ether oxygens (including phenoxy) is 1. The van der Waals surface area contributed by atoms with E-state index in [1.165, 1.54) is 0 Å². The summed E-state index contributed by atoms with van der Waals surface area (Å²) in [4.78, 5) is 48.6. The van der Waals surface area contributed by atoms with Crippen molar-refractivity contribution in [1.29, 1.82) is 0 Å². The fourth-order valence-corrected chi connectivity index (χ4v) is 4.25. The molecule has 14 nitrogen and oxygen atoms in total. The normalized spacial score (nSPS) is 12.1. The standard InChI is InChI=1S/C23H17F8N7O7S/c24-14-8-11(21(25,26)22(27,28)23(29,30)31)10-32-18(14)33-19(42)13-9-12(38(43)44)4-5-15(13)46-20-34-35-36-37(20)6-7-45-17(41)3-1-2-16(39)40/h4-5,8-10H,1-3,6-7H2,(H,39,40)(H,32,33,42). The van der Waals surface area contributed by atoms with E-state index in [4.69, 9.17) is 9.84 Å².